The predicted octanol–water partition coefficient (Wildman–Crippen LogP) is 2.44. The van der Waals surface area contributed by atoms with E-state index in [1.807, 2.05) is 6.07 Å². The van der Waals surface area contributed by atoms with Gasteiger partial charge in [-0.2, -0.15) is 0 Å². The molecule has 0 spiro atoms. The Balaban J connectivity index is 2.71. The van der Waals surface area contributed by atoms with E-state index in [0.29, 0.717) is 12.0 Å². The minimum atomic E-state index is -0.199. The zero-order chi connectivity index (χ0) is 12.0. The lowest BCUT2D eigenvalue weighted by Gasteiger charge is -2.16. The molecule has 86 valence electrons. The van der Waals surface area contributed by atoms with Crippen LogP contribution in [0.4, 0.5) is 4.39 Å². The van der Waals surface area contributed by atoms with Crippen LogP contribution in [0, 0.1) is 25.1 Å². The molecular formula is C13H17FN2. The summed E-state index contributed by atoms with van der Waals surface area (Å²) in [6, 6.07) is 5.13. The summed E-state index contributed by atoms with van der Waals surface area (Å²) in [5.41, 5.74) is 4.19. The van der Waals surface area contributed by atoms with E-state index in [1.54, 1.807) is 13.0 Å². The number of benzene rings is 1. The highest BCUT2D eigenvalue weighted by atomic mass is 19.1. The largest absolute Gasteiger partial charge is 0.271 e. The van der Waals surface area contributed by atoms with E-state index in [1.165, 1.54) is 6.07 Å². The van der Waals surface area contributed by atoms with Gasteiger partial charge in [0.15, 0.2) is 0 Å². The average molecular weight is 220 g/mol. The topological polar surface area (TPSA) is 38.0 Å². The van der Waals surface area contributed by atoms with E-state index in [-0.39, 0.29) is 11.9 Å². The number of hydrogen-bond acceptors (Lipinski definition) is 2. The maximum Gasteiger partial charge on any atom is 0.126 e. The Hall–Kier alpha value is -1.37. The second-order valence-electron chi connectivity index (χ2n) is 3.82. The van der Waals surface area contributed by atoms with Gasteiger partial charge in [-0.3, -0.25) is 11.3 Å². The maximum absolute atomic E-state index is 13.4. The number of aryl methyl sites for hydroxylation is 1. The van der Waals surface area contributed by atoms with Crippen molar-refractivity contribution in [3.05, 3.63) is 35.1 Å². The summed E-state index contributed by atoms with van der Waals surface area (Å²) in [6.07, 6.45) is 7.58. The van der Waals surface area contributed by atoms with Crippen LogP contribution >= 0.6 is 0 Å². The molecule has 0 bridgehead atoms. The molecule has 0 amide bonds. The third kappa shape index (κ3) is 3.34. The van der Waals surface area contributed by atoms with E-state index >= 15 is 0 Å². The Morgan fingerprint density at radius 1 is 1.56 bits per heavy atom. The smallest absolute Gasteiger partial charge is 0.126 e. The summed E-state index contributed by atoms with van der Waals surface area (Å²) >= 11 is 0. The number of halogens is 1. The zero-order valence-electron chi connectivity index (χ0n) is 9.46. The minimum absolute atomic E-state index is 0.0385. The molecule has 0 fully saturated rings. The van der Waals surface area contributed by atoms with Crippen LogP contribution in [0.2, 0.25) is 0 Å². The molecule has 1 aromatic carbocycles. The van der Waals surface area contributed by atoms with Crippen molar-refractivity contribution in [1.82, 2.24) is 5.43 Å². The van der Waals surface area contributed by atoms with E-state index < -0.39 is 0 Å². The van der Waals surface area contributed by atoms with Crippen LogP contribution in [0.15, 0.2) is 18.2 Å². The van der Waals surface area contributed by atoms with E-state index in [4.69, 9.17) is 12.3 Å². The first-order valence-electron chi connectivity index (χ1n) is 5.34. The summed E-state index contributed by atoms with van der Waals surface area (Å²) in [5, 5.41) is 0. The van der Waals surface area contributed by atoms with Crippen molar-refractivity contribution >= 4 is 0 Å². The van der Waals surface area contributed by atoms with Crippen LogP contribution in [0.5, 0.6) is 0 Å². The average Bonchev–Trinajstić information content (AvgIpc) is 2.29. The van der Waals surface area contributed by atoms with Crippen LogP contribution in [0.1, 0.15) is 36.4 Å². The summed E-state index contributed by atoms with van der Waals surface area (Å²) in [5.74, 6) is 7.83. The molecule has 0 aliphatic heterocycles. The molecule has 3 heteroatoms. The highest BCUT2D eigenvalue weighted by molar-refractivity contribution is 5.25. The number of terminal acetylenes is 1. The van der Waals surface area contributed by atoms with Gasteiger partial charge in [-0.25, -0.2) is 4.39 Å². The summed E-state index contributed by atoms with van der Waals surface area (Å²) in [4.78, 5) is 0. The third-order valence-corrected chi connectivity index (χ3v) is 2.61. The Morgan fingerprint density at radius 2 is 2.31 bits per heavy atom. The Labute approximate surface area is 96.0 Å². The molecule has 0 radical (unpaired) electrons. The Bertz CT molecular complexity index is 382. The molecule has 1 atom stereocenters. The monoisotopic (exact) mass is 220 g/mol. The van der Waals surface area contributed by atoms with Crippen LogP contribution < -0.4 is 11.3 Å². The number of rotatable bonds is 5. The van der Waals surface area contributed by atoms with Crippen molar-refractivity contribution in [3.8, 4) is 12.3 Å². The fraction of sp³-hybridized carbons (Fsp3) is 0.385. The van der Waals surface area contributed by atoms with Gasteiger partial charge in [0.1, 0.15) is 5.82 Å². The second-order valence-corrected chi connectivity index (χ2v) is 3.82. The third-order valence-electron chi connectivity index (χ3n) is 2.61. The van der Waals surface area contributed by atoms with Gasteiger partial charge in [-0.15, -0.1) is 12.3 Å². The Morgan fingerprint density at radius 3 is 2.88 bits per heavy atom. The molecule has 2 nitrogen and oxygen atoms in total. The first-order valence-corrected chi connectivity index (χ1v) is 5.34. The van der Waals surface area contributed by atoms with Crippen LogP contribution in [-0.2, 0) is 0 Å². The predicted molar refractivity (Wildman–Crippen MR) is 63.9 cm³/mol. The number of nitrogens with two attached hydrogens (primary N) is 1. The van der Waals surface area contributed by atoms with Crippen molar-refractivity contribution in [2.45, 2.75) is 32.2 Å². The van der Waals surface area contributed by atoms with Crippen molar-refractivity contribution in [2.75, 3.05) is 0 Å². The number of hydrogen-bond donors (Lipinski definition) is 2. The number of nitrogens with one attached hydrogen (secondary N) is 1. The van der Waals surface area contributed by atoms with Gasteiger partial charge >= 0.3 is 0 Å². The summed E-state index contributed by atoms with van der Waals surface area (Å²) in [7, 11) is 0. The van der Waals surface area contributed by atoms with Crippen molar-refractivity contribution < 1.29 is 4.39 Å². The maximum atomic E-state index is 13.4. The standard InChI is InChI=1S/C13H17FN2/c1-3-4-5-6-13(16-15)11-8-7-10(2)12(14)9-11/h1,7-9,13,16H,4-6,15H2,2H3. The molecular weight excluding hydrogens is 203 g/mol. The zero-order valence-corrected chi connectivity index (χ0v) is 9.46. The number of hydrazine groups is 1. The Kier molecular flexibility index (Phi) is 4.97. The molecule has 0 heterocycles. The minimum Gasteiger partial charge on any atom is -0.271 e. The van der Waals surface area contributed by atoms with E-state index in [9.17, 15) is 4.39 Å². The van der Waals surface area contributed by atoms with Gasteiger partial charge in [0.25, 0.3) is 0 Å². The highest BCUT2D eigenvalue weighted by Gasteiger charge is 2.10. The number of unbranched alkanes of at least 4 members (excludes halogenated alkanes) is 1. The van der Waals surface area contributed by atoms with Gasteiger partial charge in [0, 0.05) is 12.5 Å². The molecule has 1 rings (SSSR count). The fourth-order valence-electron chi connectivity index (χ4n) is 1.58. The summed E-state index contributed by atoms with van der Waals surface area (Å²) in [6.45, 7) is 1.74. The molecule has 0 saturated carbocycles. The molecule has 0 aliphatic carbocycles. The fourth-order valence-corrected chi connectivity index (χ4v) is 1.58. The first-order chi connectivity index (χ1) is 7.69. The molecule has 0 aliphatic rings. The van der Waals surface area contributed by atoms with Gasteiger partial charge in [-0.05, 0) is 37.0 Å². The quantitative estimate of drug-likeness (QED) is 0.346. The van der Waals surface area contributed by atoms with Gasteiger partial charge in [0.05, 0.1) is 0 Å². The van der Waals surface area contributed by atoms with Gasteiger partial charge in [-0.1, -0.05) is 12.1 Å². The molecule has 0 aromatic heterocycles. The first kappa shape index (κ1) is 12.7. The van der Waals surface area contributed by atoms with Crippen molar-refractivity contribution in [2.24, 2.45) is 5.84 Å². The van der Waals surface area contributed by atoms with Crippen LogP contribution in [0.25, 0.3) is 0 Å². The molecule has 0 saturated heterocycles. The highest BCUT2D eigenvalue weighted by Crippen LogP contribution is 2.20. The molecule has 3 N–H and O–H groups in total. The van der Waals surface area contributed by atoms with Crippen molar-refractivity contribution in [3.63, 3.8) is 0 Å². The molecule has 1 aromatic rings. The lowest BCUT2D eigenvalue weighted by molar-refractivity contribution is 0.498. The lowest BCUT2D eigenvalue weighted by Crippen LogP contribution is -2.28. The van der Waals surface area contributed by atoms with E-state index in [0.717, 1.165) is 18.4 Å². The second kappa shape index (κ2) is 6.26. The molecule has 16 heavy (non-hydrogen) atoms. The summed E-state index contributed by atoms with van der Waals surface area (Å²) < 4.78 is 13.4. The normalized spacial score (nSPS) is 12.1. The van der Waals surface area contributed by atoms with E-state index in [2.05, 4.69) is 11.3 Å². The molecule has 1 unspecified atom stereocenters. The lowest BCUT2D eigenvalue weighted by atomic mass is 10.0. The SMILES string of the molecule is C#CCCCC(NN)c1ccc(C)c(F)c1. The van der Waals surface area contributed by atoms with Crippen molar-refractivity contribution in [1.29, 1.82) is 0 Å². The van der Waals surface area contributed by atoms with Crippen LogP contribution in [0.3, 0.4) is 0 Å². The van der Waals surface area contributed by atoms with Gasteiger partial charge in [0.2, 0.25) is 0 Å². The van der Waals surface area contributed by atoms with Gasteiger partial charge < -0.3 is 0 Å². The van der Waals surface area contributed by atoms with Crippen LogP contribution in [-0.4, -0.2) is 0 Å².